The van der Waals surface area contributed by atoms with E-state index >= 15 is 0 Å². The molecule has 3 heterocycles. The molecule has 2 aromatic rings. The number of aromatic nitrogens is 4. The largest absolute Gasteiger partial charge is 0.371 e. The van der Waals surface area contributed by atoms with E-state index in [2.05, 4.69) is 38.9 Å². The fraction of sp³-hybridized carbons (Fsp3) is 0.615. The van der Waals surface area contributed by atoms with Crippen molar-refractivity contribution in [3.05, 3.63) is 16.6 Å². The van der Waals surface area contributed by atoms with Crippen molar-refractivity contribution in [3.8, 4) is 0 Å². The van der Waals surface area contributed by atoms with E-state index in [-0.39, 0.29) is 17.8 Å². The van der Waals surface area contributed by atoms with Crippen LogP contribution in [0.15, 0.2) is 11.0 Å². The Morgan fingerprint density at radius 1 is 1.35 bits per heavy atom. The summed E-state index contributed by atoms with van der Waals surface area (Å²) >= 11 is 0. The van der Waals surface area contributed by atoms with E-state index in [4.69, 9.17) is 4.74 Å². The van der Waals surface area contributed by atoms with Crippen LogP contribution in [-0.2, 0) is 4.74 Å². The number of H-pyrrole nitrogens is 2. The van der Waals surface area contributed by atoms with Gasteiger partial charge in [-0.1, -0.05) is 13.8 Å². The summed E-state index contributed by atoms with van der Waals surface area (Å²) in [6, 6.07) is 0. The molecule has 0 spiro atoms. The van der Waals surface area contributed by atoms with E-state index < -0.39 is 0 Å². The van der Waals surface area contributed by atoms with Crippen LogP contribution in [0.25, 0.3) is 11.0 Å². The minimum absolute atomic E-state index is 0.161. The second-order valence-electron chi connectivity index (χ2n) is 5.12. The second kappa shape index (κ2) is 5.24. The third kappa shape index (κ3) is 2.29. The standard InChI is InChI=1S/C13H19N5O2/c1-3-8-6-18(7-9(4-2)20-8)13-15-11-10(5-14-17-11)12(19)16-13/h5,8-9H,3-4,6-7H2,1-2H3,(H2,14,15,16,17,19). The van der Waals surface area contributed by atoms with E-state index in [1.807, 2.05) is 0 Å². The van der Waals surface area contributed by atoms with Gasteiger partial charge in [0, 0.05) is 13.1 Å². The van der Waals surface area contributed by atoms with Gasteiger partial charge in [0.2, 0.25) is 5.95 Å². The van der Waals surface area contributed by atoms with Crippen LogP contribution >= 0.6 is 0 Å². The van der Waals surface area contributed by atoms with Gasteiger partial charge in [-0.25, -0.2) is 0 Å². The molecule has 2 N–H and O–H groups in total. The van der Waals surface area contributed by atoms with Gasteiger partial charge in [-0.05, 0) is 12.8 Å². The summed E-state index contributed by atoms with van der Waals surface area (Å²) in [7, 11) is 0. The first kappa shape index (κ1) is 13.1. The molecule has 7 heteroatoms. The predicted octanol–water partition coefficient (Wildman–Crippen LogP) is 1.04. The maximum atomic E-state index is 12.0. The zero-order valence-corrected chi connectivity index (χ0v) is 11.7. The molecule has 0 amide bonds. The molecule has 1 aliphatic rings. The summed E-state index contributed by atoms with van der Waals surface area (Å²) in [5, 5.41) is 7.10. The Hall–Kier alpha value is -1.89. The van der Waals surface area contributed by atoms with E-state index in [0.717, 1.165) is 25.9 Å². The van der Waals surface area contributed by atoms with Gasteiger partial charge in [0.15, 0.2) is 5.65 Å². The van der Waals surface area contributed by atoms with Crippen LogP contribution in [0.4, 0.5) is 5.95 Å². The Labute approximate surface area is 116 Å². The fourth-order valence-electron chi connectivity index (χ4n) is 2.53. The molecule has 20 heavy (non-hydrogen) atoms. The Kier molecular flexibility index (Phi) is 3.43. The lowest BCUT2D eigenvalue weighted by atomic mass is 10.1. The molecule has 1 fully saturated rings. The number of rotatable bonds is 3. The highest BCUT2D eigenvalue weighted by Crippen LogP contribution is 2.20. The summed E-state index contributed by atoms with van der Waals surface area (Å²) in [6.45, 7) is 5.70. The van der Waals surface area contributed by atoms with Gasteiger partial charge in [-0.2, -0.15) is 10.1 Å². The van der Waals surface area contributed by atoms with E-state index in [1.165, 1.54) is 6.20 Å². The number of hydrogen-bond acceptors (Lipinski definition) is 5. The number of ether oxygens (including phenoxy) is 1. The van der Waals surface area contributed by atoms with Gasteiger partial charge in [0.1, 0.15) is 5.39 Å². The molecule has 2 aromatic heterocycles. The molecule has 2 unspecified atom stereocenters. The Morgan fingerprint density at radius 3 is 2.70 bits per heavy atom. The maximum Gasteiger partial charge on any atom is 0.263 e. The highest BCUT2D eigenvalue weighted by Gasteiger charge is 2.27. The van der Waals surface area contributed by atoms with Crippen molar-refractivity contribution < 1.29 is 4.74 Å². The van der Waals surface area contributed by atoms with Crippen molar-refractivity contribution in [2.75, 3.05) is 18.0 Å². The lowest BCUT2D eigenvalue weighted by Crippen LogP contribution is -2.48. The molecular weight excluding hydrogens is 258 g/mol. The van der Waals surface area contributed by atoms with E-state index in [1.54, 1.807) is 0 Å². The average Bonchev–Trinajstić information content (AvgIpc) is 2.95. The molecule has 7 nitrogen and oxygen atoms in total. The van der Waals surface area contributed by atoms with Crippen LogP contribution in [0.5, 0.6) is 0 Å². The zero-order chi connectivity index (χ0) is 14.1. The minimum atomic E-state index is -0.161. The Morgan fingerprint density at radius 2 is 2.05 bits per heavy atom. The smallest absolute Gasteiger partial charge is 0.263 e. The molecule has 108 valence electrons. The third-order valence-electron chi connectivity index (χ3n) is 3.75. The minimum Gasteiger partial charge on any atom is -0.371 e. The molecule has 2 atom stereocenters. The van der Waals surface area contributed by atoms with Crippen molar-refractivity contribution in [2.24, 2.45) is 0 Å². The van der Waals surface area contributed by atoms with Crippen LogP contribution in [-0.4, -0.2) is 45.5 Å². The summed E-state index contributed by atoms with van der Waals surface area (Å²) in [5.74, 6) is 0.590. The maximum absolute atomic E-state index is 12.0. The third-order valence-corrected chi connectivity index (χ3v) is 3.75. The molecular formula is C13H19N5O2. The highest BCUT2D eigenvalue weighted by molar-refractivity contribution is 5.73. The van der Waals surface area contributed by atoms with Crippen molar-refractivity contribution in [2.45, 2.75) is 38.9 Å². The monoisotopic (exact) mass is 277 g/mol. The number of hydrogen-bond donors (Lipinski definition) is 2. The quantitative estimate of drug-likeness (QED) is 0.875. The summed E-state index contributed by atoms with van der Waals surface area (Å²) < 4.78 is 5.96. The normalized spacial score (nSPS) is 23.4. The van der Waals surface area contributed by atoms with Crippen molar-refractivity contribution in [1.29, 1.82) is 0 Å². The van der Waals surface area contributed by atoms with Crippen LogP contribution < -0.4 is 10.5 Å². The van der Waals surface area contributed by atoms with Gasteiger partial charge < -0.3 is 9.64 Å². The van der Waals surface area contributed by atoms with Crippen molar-refractivity contribution >= 4 is 17.0 Å². The first-order valence-electron chi connectivity index (χ1n) is 7.05. The van der Waals surface area contributed by atoms with Crippen molar-refractivity contribution in [3.63, 3.8) is 0 Å². The summed E-state index contributed by atoms with van der Waals surface area (Å²) in [4.78, 5) is 21.4. The predicted molar refractivity (Wildman–Crippen MR) is 76.0 cm³/mol. The number of aromatic amines is 2. The molecule has 1 saturated heterocycles. The molecule has 3 rings (SSSR count). The van der Waals surface area contributed by atoms with Gasteiger partial charge in [-0.3, -0.25) is 14.9 Å². The average molecular weight is 277 g/mol. The second-order valence-corrected chi connectivity index (χ2v) is 5.12. The van der Waals surface area contributed by atoms with Crippen molar-refractivity contribution in [1.82, 2.24) is 20.2 Å². The SMILES string of the molecule is CCC1CN(c2nc3[nH]ncc3c(=O)[nH]2)CC(CC)O1. The van der Waals surface area contributed by atoms with E-state index in [0.29, 0.717) is 17.0 Å². The van der Waals surface area contributed by atoms with Gasteiger partial charge in [0.05, 0.1) is 18.4 Å². The molecule has 0 aromatic carbocycles. The molecule has 0 bridgehead atoms. The number of fused-ring (bicyclic) bond motifs is 1. The van der Waals surface area contributed by atoms with Gasteiger partial charge in [0.25, 0.3) is 5.56 Å². The first-order valence-corrected chi connectivity index (χ1v) is 7.05. The van der Waals surface area contributed by atoms with Crippen LogP contribution in [0.1, 0.15) is 26.7 Å². The number of nitrogens with zero attached hydrogens (tertiary/aromatic N) is 3. The van der Waals surface area contributed by atoms with Crippen LogP contribution in [0.2, 0.25) is 0 Å². The lowest BCUT2D eigenvalue weighted by Gasteiger charge is -2.37. The van der Waals surface area contributed by atoms with Gasteiger partial charge in [-0.15, -0.1) is 0 Å². The Balaban J connectivity index is 1.94. The van der Waals surface area contributed by atoms with E-state index in [9.17, 15) is 4.79 Å². The van der Waals surface area contributed by atoms with Gasteiger partial charge >= 0.3 is 0 Å². The van der Waals surface area contributed by atoms with Crippen LogP contribution in [0.3, 0.4) is 0 Å². The topological polar surface area (TPSA) is 86.9 Å². The molecule has 0 saturated carbocycles. The number of anilines is 1. The number of nitrogens with one attached hydrogen (secondary N) is 2. The summed E-state index contributed by atoms with van der Waals surface area (Å²) in [6.07, 6.45) is 3.74. The zero-order valence-electron chi connectivity index (χ0n) is 11.7. The Bertz CT molecular complexity index is 637. The molecule has 0 radical (unpaired) electrons. The molecule has 0 aliphatic carbocycles. The molecule has 1 aliphatic heterocycles. The first-order chi connectivity index (χ1) is 9.71. The lowest BCUT2D eigenvalue weighted by molar-refractivity contribution is -0.0290. The number of morpholine rings is 1. The fourth-order valence-corrected chi connectivity index (χ4v) is 2.53. The summed E-state index contributed by atoms with van der Waals surface area (Å²) in [5.41, 5.74) is 0.364. The van der Waals surface area contributed by atoms with Crippen LogP contribution in [0, 0.1) is 0 Å². The highest BCUT2D eigenvalue weighted by atomic mass is 16.5.